The van der Waals surface area contributed by atoms with Crippen molar-refractivity contribution < 1.29 is 4.79 Å². The highest BCUT2D eigenvalue weighted by Crippen LogP contribution is 2.19. The Labute approximate surface area is 89.1 Å². The van der Waals surface area contributed by atoms with Gasteiger partial charge in [-0.15, -0.1) is 12.3 Å². The van der Waals surface area contributed by atoms with E-state index in [9.17, 15) is 4.79 Å². The molecule has 0 radical (unpaired) electrons. The highest BCUT2D eigenvalue weighted by atomic mass is 35.5. The molecule has 1 aromatic carbocycles. The van der Waals surface area contributed by atoms with E-state index in [4.69, 9.17) is 18.0 Å². The van der Waals surface area contributed by atoms with Crippen LogP contribution in [0, 0.1) is 19.3 Å². The molecule has 0 aliphatic heterocycles. The summed E-state index contributed by atoms with van der Waals surface area (Å²) in [6.07, 6.45) is 5.90. The van der Waals surface area contributed by atoms with Crippen LogP contribution in [0.3, 0.4) is 0 Å². The van der Waals surface area contributed by atoms with Gasteiger partial charge in [0.05, 0.1) is 5.02 Å². The van der Waals surface area contributed by atoms with Gasteiger partial charge in [0, 0.05) is 18.4 Å². The lowest BCUT2D eigenvalue weighted by Gasteiger charge is -2.02. The Morgan fingerprint density at radius 1 is 1.57 bits per heavy atom. The van der Waals surface area contributed by atoms with Crippen molar-refractivity contribution in [1.82, 2.24) is 0 Å². The van der Waals surface area contributed by atoms with Gasteiger partial charge in [-0.05, 0) is 24.6 Å². The summed E-state index contributed by atoms with van der Waals surface area (Å²) in [7, 11) is 0. The van der Waals surface area contributed by atoms with E-state index in [1.807, 2.05) is 13.0 Å². The average Bonchev–Trinajstić information content (AvgIpc) is 2.14. The molecule has 14 heavy (non-hydrogen) atoms. The standard InChI is InChI=1S/C12H11ClO/c1-3-4-5-12(14)10-7-6-9(2)8-11(10)13/h1,6-8H,4-5H2,2H3. The maximum atomic E-state index is 11.6. The van der Waals surface area contributed by atoms with Crippen molar-refractivity contribution in [2.75, 3.05) is 0 Å². The zero-order valence-electron chi connectivity index (χ0n) is 8.01. The van der Waals surface area contributed by atoms with Crippen molar-refractivity contribution in [2.45, 2.75) is 19.8 Å². The molecule has 0 saturated carbocycles. The fourth-order valence-corrected chi connectivity index (χ4v) is 1.51. The first-order valence-electron chi connectivity index (χ1n) is 4.38. The van der Waals surface area contributed by atoms with Gasteiger partial charge in [0.2, 0.25) is 0 Å². The van der Waals surface area contributed by atoms with Gasteiger partial charge in [-0.3, -0.25) is 4.79 Å². The fourth-order valence-electron chi connectivity index (χ4n) is 1.17. The van der Waals surface area contributed by atoms with E-state index < -0.39 is 0 Å². The van der Waals surface area contributed by atoms with Crippen molar-refractivity contribution in [3.63, 3.8) is 0 Å². The van der Waals surface area contributed by atoms with Gasteiger partial charge in [0.25, 0.3) is 0 Å². The molecule has 0 aromatic heterocycles. The highest BCUT2D eigenvalue weighted by Gasteiger charge is 2.08. The van der Waals surface area contributed by atoms with Crippen molar-refractivity contribution in [1.29, 1.82) is 0 Å². The number of hydrogen-bond acceptors (Lipinski definition) is 1. The van der Waals surface area contributed by atoms with Crippen LogP contribution in [0.2, 0.25) is 5.02 Å². The summed E-state index contributed by atoms with van der Waals surface area (Å²) in [6, 6.07) is 5.40. The third-order valence-corrected chi connectivity index (χ3v) is 2.23. The van der Waals surface area contributed by atoms with Gasteiger partial charge in [-0.2, -0.15) is 0 Å². The summed E-state index contributed by atoms with van der Waals surface area (Å²) in [5.74, 6) is 2.44. The second-order valence-electron chi connectivity index (χ2n) is 3.11. The Kier molecular flexibility index (Phi) is 3.73. The van der Waals surface area contributed by atoms with E-state index in [0.29, 0.717) is 23.4 Å². The van der Waals surface area contributed by atoms with Crippen LogP contribution in [0.15, 0.2) is 18.2 Å². The summed E-state index contributed by atoms with van der Waals surface area (Å²) >= 11 is 5.93. The molecule has 0 amide bonds. The lowest BCUT2D eigenvalue weighted by Crippen LogP contribution is -1.99. The van der Waals surface area contributed by atoms with E-state index in [0.717, 1.165) is 5.56 Å². The molecule has 0 unspecified atom stereocenters. The van der Waals surface area contributed by atoms with Crippen molar-refractivity contribution >= 4 is 17.4 Å². The maximum Gasteiger partial charge on any atom is 0.165 e. The summed E-state index contributed by atoms with van der Waals surface area (Å²) in [6.45, 7) is 1.93. The first-order chi connectivity index (χ1) is 6.65. The highest BCUT2D eigenvalue weighted by molar-refractivity contribution is 6.34. The zero-order valence-corrected chi connectivity index (χ0v) is 8.77. The number of hydrogen-bond donors (Lipinski definition) is 0. The Bertz CT molecular complexity index is 388. The number of carbonyl (C=O) groups is 1. The summed E-state index contributed by atoms with van der Waals surface area (Å²) in [5.41, 5.74) is 1.61. The minimum Gasteiger partial charge on any atom is -0.294 e. The molecule has 0 spiro atoms. The van der Waals surface area contributed by atoms with E-state index in [2.05, 4.69) is 5.92 Å². The fraction of sp³-hybridized carbons (Fsp3) is 0.250. The predicted molar refractivity (Wildman–Crippen MR) is 58.6 cm³/mol. The molecule has 1 nitrogen and oxygen atoms in total. The third kappa shape index (κ3) is 2.61. The molecular formula is C12H11ClO. The Balaban J connectivity index is 2.86. The second kappa shape index (κ2) is 4.83. The van der Waals surface area contributed by atoms with Crippen LogP contribution < -0.4 is 0 Å². The van der Waals surface area contributed by atoms with Crippen molar-refractivity contribution in [3.8, 4) is 12.3 Å². The Morgan fingerprint density at radius 2 is 2.29 bits per heavy atom. The molecule has 2 heteroatoms. The van der Waals surface area contributed by atoms with Gasteiger partial charge < -0.3 is 0 Å². The number of aryl methyl sites for hydroxylation is 1. The second-order valence-corrected chi connectivity index (χ2v) is 3.52. The molecule has 72 valence electrons. The topological polar surface area (TPSA) is 17.1 Å². The van der Waals surface area contributed by atoms with Crippen LogP contribution >= 0.6 is 11.6 Å². The number of benzene rings is 1. The first-order valence-corrected chi connectivity index (χ1v) is 4.75. The van der Waals surface area contributed by atoms with Crippen LogP contribution in [0.5, 0.6) is 0 Å². The first kappa shape index (κ1) is 10.8. The summed E-state index contributed by atoms with van der Waals surface area (Å²) in [5, 5.41) is 0.507. The van der Waals surface area contributed by atoms with Crippen LogP contribution in [-0.2, 0) is 0 Å². The van der Waals surface area contributed by atoms with E-state index in [-0.39, 0.29) is 5.78 Å². The summed E-state index contributed by atoms with van der Waals surface area (Å²) < 4.78 is 0. The van der Waals surface area contributed by atoms with Gasteiger partial charge in [-0.25, -0.2) is 0 Å². The van der Waals surface area contributed by atoms with E-state index in [1.165, 1.54) is 0 Å². The molecule has 0 fully saturated rings. The SMILES string of the molecule is C#CCCC(=O)c1ccc(C)cc1Cl. The molecule has 0 heterocycles. The molecular weight excluding hydrogens is 196 g/mol. The van der Waals surface area contributed by atoms with Crippen molar-refractivity contribution in [2.24, 2.45) is 0 Å². The van der Waals surface area contributed by atoms with Crippen molar-refractivity contribution in [3.05, 3.63) is 34.3 Å². The Morgan fingerprint density at radius 3 is 2.86 bits per heavy atom. The minimum absolute atomic E-state index is 0.00736. The smallest absolute Gasteiger partial charge is 0.165 e. The molecule has 0 bridgehead atoms. The zero-order chi connectivity index (χ0) is 10.6. The molecule has 0 aliphatic carbocycles. The van der Waals surface area contributed by atoms with Gasteiger partial charge >= 0.3 is 0 Å². The molecule has 0 aliphatic rings. The van der Waals surface area contributed by atoms with Crippen LogP contribution in [0.4, 0.5) is 0 Å². The molecule has 0 N–H and O–H groups in total. The monoisotopic (exact) mass is 206 g/mol. The predicted octanol–water partition coefficient (Wildman–Crippen LogP) is 3.24. The maximum absolute atomic E-state index is 11.6. The molecule has 0 saturated heterocycles. The van der Waals surface area contributed by atoms with Gasteiger partial charge in [0.15, 0.2) is 5.78 Å². The number of ketones is 1. The van der Waals surface area contributed by atoms with Crippen LogP contribution in [0.1, 0.15) is 28.8 Å². The quantitative estimate of drug-likeness (QED) is 0.548. The lowest BCUT2D eigenvalue weighted by molar-refractivity contribution is 0.0984. The number of rotatable bonds is 3. The summed E-state index contributed by atoms with van der Waals surface area (Å²) in [4.78, 5) is 11.6. The minimum atomic E-state index is 0.00736. The molecule has 1 aromatic rings. The lowest BCUT2D eigenvalue weighted by atomic mass is 10.1. The van der Waals surface area contributed by atoms with E-state index >= 15 is 0 Å². The number of halogens is 1. The van der Waals surface area contributed by atoms with E-state index in [1.54, 1.807) is 12.1 Å². The number of carbonyl (C=O) groups excluding carboxylic acids is 1. The van der Waals surface area contributed by atoms with Gasteiger partial charge in [-0.1, -0.05) is 17.7 Å². The third-order valence-electron chi connectivity index (χ3n) is 1.92. The molecule has 1 rings (SSSR count). The normalized spacial score (nSPS) is 9.50. The van der Waals surface area contributed by atoms with Gasteiger partial charge in [0.1, 0.15) is 0 Å². The average molecular weight is 207 g/mol. The number of terminal acetylenes is 1. The van der Waals surface area contributed by atoms with Crippen LogP contribution in [-0.4, -0.2) is 5.78 Å². The van der Waals surface area contributed by atoms with Crippen LogP contribution in [0.25, 0.3) is 0 Å². The Hall–Kier alpha value is -1.26. The molecule has 0 atom stereocenters. The largest absolute Gasteiger partial charge is 0.294 e. The number of Topliss-reactive ketones (excluding diaryl/α,β-unsaturated/α-hetero) is 1.